The van der Waals surface area contributed by atoms with Crippen molar-refractivity contribution in [2.24, 2.45) is 0 Å². The summed E-state index contributed by atoms with van der Waals surface area (Å²) in [6.07, 6.45) is 30.7. The van der Waals surface area contributed by atoms with Gasteiger partial charge in [-0.3, -0.25) is 4.55 Å². The number of hydrogen-bond donors (Lipinski definition) is 1. The highest BCUT2D eigenvalue weighted by atomic mass is 32.3. The first kappa shape index (κ1) is 36.0. The van der Waals surface area contributed by atoms with Gasteiger partial charge in [-0.05, 0) is 12.8 Å². The van der Waals surface area contributed by atoms with Gasteiger partial charge in [0.05, 0.1) is 6.10 Å². The van der Waals surface area contributed by atoms with Crippen LogP contribution >= 0.6 is 0 Å². The summed E-state index contributed by atoms with van der Waals surface area (Å²) in [5.74, 6) is 0. The van der Waals surface area contributed by atoms with Crippen molar-refractivity contribution in [3.8, 4) is 0 Å². The monoisotopic (exact) mass is 508 g/mol. The van der Waals surface area contributed by atoms with Gasteiger partial charge in [-0.15, -0.1) is 0 Å². The third-order valence-corrected chi connectivity index (χ3v) is 7.28. The molecule has 0 bridgehead atoms. The Morgan fingerprint density at radius 2 is 0.735 bits per heavy atom. The molecule has 6 heteroatoms. The Bertz CT molecular complexity index is 481. The normalized spacial score (nSPS) is 12.6. The summed E-state index contributed by atoms with van der Waals surface area (Å²) in [5, 5.41) is 0. The lowest BCUT2D eigenvalue weighted by atomic mass is 10.0. The third kappa shape index (κ3) is 29.9. The molecule has 0 aliphatic carbocycles. The van der Waals surface area contributed by atoms with Crippen molar-refractivity contribution in [1.82, 2.24) is 0 Å². The van der Waals surface area contributed by atoms with Gasteiger partial charge < -0.3 is 5.48 Å². The van der Waals surface area contributed by atoms with Crippen molar-refractivity contribution >= 4 is 10.4 Å². The number of hydrogen-bond acceptors (Lipinski definition) is 3. The third-order valence-electron chi connectivity index (χ3n) is 6.77. The van der Waals surface area contributed by atoms with Crippen molar-refractivity contribution in [1.29, 1.82) is 0 Å². The van der Waals surface area contributed by atoms with E-state index in [0.29, 0.717) is 0 Å². The van der Waals surface area contributed by atoms with Crippen LogP contribution in [0.15, 0.2) is 0 Å². The Morgan fingerprint density at radius 1 is 0.500 bits per heavy atom. The molecule has 0 heterocycles. The molecule has 0 saturated heterocycles. The predicted molar refractivity (Wildman–Crippen MR) is 147 cm³/mol. The molecule has 5 nitrogen and oxygen atoms in total. The van der Waals surface area contributed by atoms with Crippen molar-refractivity contribution in [3.05, 3.63) is 0 Å². The van der Waals surface area contributed by atoms with Crippen LogP contribution < -0.4 is 0 Å². The second-order valence-corrected chi connectivity index (χ2v) is 11.2. The lowest BCUT2D eigenvalue weighted by Crippen LogP contribution is -2.18. The molecule has 0 fully saturated rings. The molecule has 0 aromatic rings. The first-order valence-corrected chi connectivity index (χ1v) is 16.0. The molecule has 0 aromatic heterocycles. The summed E-state index contributed by atoms with van der Waals surface area (Å²) in [7, 11) is -4.35. The fourth-order valence-electron chi connectivity index (χ4n) is 4.66. The van der Waals surface area contributed by atoms with Crippen LogP contribution in [0.1, 0.15) is 174 Å². The second-order valence-electron chi connectivity index (χ2n) is 10.1. The van der Waals surface area contributed by atoms with Crippen LogP contribution in [0.4, 0.5) is 0 Å². The molecule has 208 valence electrons. The summed E-state index contributed by atoms with van der Waals surface area (Å²) >= 11 is 0. The molecule has 0 aliphatic heterocycles. The van der Waals surface area contributed by atoms with Gasteiger partial charge in [-0.1, -0.05) is 162 Å². The molecular weight excluding hydrogens is 448 g/mol. The average Bonchev–Trinajstić information content (AvgIpc) is 2.77. The summed E-state index contributed by atoms with van der Waals surface area (Å²) in [6, 6.07) is 0. The molecule has 0 amide bonds. The molecule has 1 atom stereocenters. The first-order valence-electron chi connectivity index (χ1n) is 14.6. The topological polar surface area (TPSA) is 95.1 Å². The fraction of sp³-hybridized carbons (Fsp3) is 1.00. The minimum Gasteiger partial charge on any atom is -0.412 e. The zero-order chi connectivity index (χ0) is 24.5. The zero-order valence-corrected chi connectivity index (χ0v) is 23.7. The van der Waals surface area contributed by atoms with Crippen LogP contribution in [0.3, 0.4) is 0 Å². The van der Waals surface area contributed by atoms with Gasteiger partial charge in [0.2, 0.25) is 0 Å². The van der Waals surface area contributed by atoms with E-state index in [9.17, 15) is 8.42 Å². The Labute approximate surface area is 213 Å². The van der Waals surface area contributed by atoms with E-state index in [-0.39, 0.29) is 11.6 Å². The van der Waals surface area contributed by atoms with Crippen LogP contribution in [0.5, 0.6) is 0 Å². The lowest BCUT2D eigenvalue weighted by molar-refractivity contribution is 0.157. The van der Waals surface area contributed by atoms with E-state index in [0.717, 1.165) is 38.5 Å². The molecule has 0 radical (unpaired) electrons. The standard InChI is InChI=1S/C28H58O4S.H2O/c1-3-5-7-9-11-13-14-15-16-17-18-19-21-23-25-27-28(32-33(29,30)31)26-24-22-20-12-10-8-6-4-2;/h28H,3-27H2,1-2H3,(H,29,30,31);1H2. The maximum absolute atomic E-state index is 11.2. The largest absolute Gasteiger partial charge is 0.412 e. The fourth-order valence-corrected chi connectivity index (χ4v) is 5.20. The summed E-state index contributed by atoms with van der Waals surface area (Å²) in [6.45, 7) is 4.50. The van der Waals surface area contributed by atoms with Gasteiger partial charge in [-0.25, -0.2) is 4.18 Å². The van der Waals surface area contributed by atoms with Gasteiger partial charge in [0.25, 0.3) is 0 Å². The molecular formula is C28H60O5S. The second kappa shape index (κ2) is 27.4. The van der Waals surface area contributed by atoms with Crippen molar-refractivity contribution in [2.75, 3.05) is 0 Å². The molecule has 0 spiro atoms. The number of rotatable bonds is 27. The van der Waals surface area contributed by atoms with E-state index in [1.165, 1.54) is 122 Å². The van der Waals surface area contributed by atoms with Crippen LogP contribution in [-0.4, -0.2) is 24.6 Å². The average molecular weight is 509 g/mol. The first-order chi connectivity index (χ1) is 16.0. The Balaban J connectivity index is 0. The van der Waals surface area contributed by atoms with Crippen LogP contribution in [0.2, 0.25) is 0 Å². The van der Waals surface area contributed by atoms with E-state index in [2.05, 4.69) is 13.8 Å². The van der Waals surface area contributed by atoms with Gasteiger partial charge in [0.15, 0.2) is 0 Å². The van der Waals surface area contributed by atoms with Gasteiger partial charge in [-0.2, -0.15) is 8.42 Å². The van der Waals surface area contributed by atoms with E-state index in [1.807, 2.05) is 0 Å². The molecule has 3 N–H and O–H groups in total. The van der Waals surface area contributed by atoms with Crippen molar-refractivity contribution in [2.45, 2.75) is 180 Å². The molecule has 34 heavy (non-hydrogen) atoms. The highest BCUT2D eigenvalue weighted by Crippen LogP contribution is 2.19. The Hall–Kier alpha value is -0.170. The molecule has 0 saturated carbocycles. The lowest BCUT2D eigenvalue weighted by Gasteiger charge is -2.15. The van der Waals surface area contributed by atoms with E-state index < -0.39 is 10.4 Å². The quantitative estimate of drug-likeness (QED) is 0.0883. The van der Waals surface area contributed by atoms with E-state index in [1.54, 1.807) is 0 Å². The molecule has 0 aromatic carbocycles. The van der Waals surface area contributed by atoms with Crippen LogP contribution in [0, 0.1) is 0 Å². The maximum Gasteiger partial charge on any atom is 0.397 e. The Kier molecular flexibility index (Phi) is 29.0. The minimum absolute atomic E-state index is 0. The summed E-state index contributed by atoms with van der Waals surface area (Å²) in [5.41, 5.74) is 0. The molecule has 0 rings (SSSR count). The number of unbranched alkanes of at least 4 members (excludes halogenated alkanes) is 21. The minimum atomic E-state index is -4.35. The van der Waals surface area contributed by atoms with Crippen LogP contribution in [0.25, 0.3) is 0 Å². The van der Waals surface area contributed by atoms with E-state index in [4.69, 9.17) is 8.74 Å². The van der Waals surface area contributed by atoms with Crippen molar-refractivity contribution < 1.29 is 22.6 Å². The highest BCUT2D eigenvalue weighted by Gasteiger charge is 2.16. The highest BCUT2D eigenvalue weighted by molar-refractivity contribution is 7.80. The summed E-state index contributed by atoms with van der Waals surface area (Å²) in [4.78, 5) is 0. The smallest absolute Gasteiger partial charge is 0.397 e. The van der Waals surface area contributed by atoms with Gasteiger partial charge in [0, 0.05) is 0 Å². The zero-order valence-electron chi connectivity index (χ0n) is 22.8. The van der Waals surface area contributed by atoms with E-state index >= 15 is 0 Å². The van der Waals surface area contributed by atoms with Gasteiger partial charge in [0.1, 0.15) is 0 Å². The SMILES string of the molecule is CCCCCCCCCCCCCCCCCC(CCCCCCCCCC)OS(=O)(=O)O.O. The predicted octanol–water partition coefficient (Wildman–Crippen LogP) is 9.14. The summed E-state index contributed by atoms with van der Waals surface area (Å²) < 4.78 is 36.4. The molecule has 0 aliphatic rings. The van der Waals surface area contributed by atoms with Gasteiger partial charge >= 0.3 is 10.4 Å². The maximum atomic E-state index is 11.2. The molecule has 1 unspecified atom stereocenters. The Morgan fingerprint density at radius 3 is 0.971 bits per heavy atom. The van der Waals surface area contributed by atoms with Crippen LogP contribution in [-0.2, 0) is 14.6 Å². The van der Waals surface area contributed by atoms with Crippen molar-refractivity contribution in [3.63, 3.8) is 0 Å².